The first-order chi connectivity index (χ1) is 11.2. The van der Waals surface area contributed by atoms with Crippen LogP contribution in [0.3, 0.4) is 0 Å². The summed E-state index contributed by atoms with van der Waals surface area (Å²) in [5.74, 6) is 0.107. The molecule has 4 rings (SSSR count). The maximum Gasteiger partial charge on any atom is 0.273 e. The molecule has 0 unspecified atom stereocenters. The number of amides is 1. The fraction of sp³-hybridized carbons (Fsp3) is 0.444. The predicted octanol–water partition coefficient (Wildman–Crippen LogP) is 2.94. The average Bonchev–Trinajstić information content (AvgIpc) is 3.27. The summed E-state index contributed by atoms with van der Waals surface area (Å²) in [6.45, 7) is 5.04. The first kappa shape index (κ1) is 14.8. The molecule has 2 fully saturated rings. The Morgan fingerprint density at radius 2 is 2.00 bits per heavy atom. The molecule has 2 aromatic rings. The van der Waals surface area contributed by atoms with Gasteiger partial charge in [-0.1, -0.05) is 29.8 Å². The highest BCUT2D eigenvalue weighted by atomic mass is 32.1. The number of hydrogen-bond acceptors (Lipinski definition) is 4. The van der Waals surface area contributed by atoms with Gasteiger partial charge >= 0.3 is 0 Å². The van der Waals surface area contributed by atoms with Gasteiger partial charge in [0.2, 0.25) is 0 Å². The highest BCUT2D eigenvalue weighted by molar-refractivity contribution is 7.07. The van der Waals surface area contributed by atoms with Crippen LogP contribution in [-0.4, -0.2) is 45.9 Å². The number of aryl methyl sites for hydroxylation is 1. The van der Waals surface area contributed by atoms with E-state index in [0.29, 0.717) is 17.8 Å². The lowest BCUT2D eigenvalue weighted by Gasteiger charge is -2.25. The van der Waals surface area contributed by atoms with Crippen LogP contribution in [0, 0.1) is 6.92 Å². The minimum absolute atomic E-state index is 0.107. The monoisotopic (exact) mass is 327 g/mol. The van der Waals surface area contributed by atoms with Crippen molar-refractivity contribution >= 4 is 17.2 Å². The van der Waals surface area contributed by atoms with Gasteiger partial charge in [0.1, 0.15) is 5.69 Å². The zero-order valence-electron chi connectivity index (χ0n) is 13.3. The van der Waals surface area contributed by atoms with Crippen LogP contribution in [0.5, 0.6) is 0 Å². The Morgan fingerprint density at radius 3 is 2.74 bits per heavy atom. The summed E-state index contributed by atoms with van der Waals surface area (Å²) >= 11 is 1.49. The minimum atomic E-state index is 0.107. The molecule has 23 heavy (non-hydrogen) atoms. The molecule has 0 saturated carbocycles. The van der Waals surface area contributed by atoms with Crippen molar-refractivity contribution in [3.63, 3.8) is 0 Å². The van der Waals surface area contributed by atoms with Gasteiger partial charge in [-0.3, -0.25) is 9.69 Å². The van der Waals surface area contributed by atoms with Crippen molar-refractivity contribution in [3.8, 4) is 0 Å². The second kappa shape index (κ2) is 6.06. The maximum absolute atomic E-state index is 12.6. The van der Waals surface area contributed by atoms with Crippen LogP contribution < -0.4 is 0 Å². The largest absolute Gasteiger partial charge is 0.333 e. The van der Waals surface area contributed by atoms with E-state index in [1.54, 1.807) is 5.51 Å². The van der Waals surface area contributed by atoms with Gasteiger partial charge in [0.15, 0.2) is 0 Å². The van der Waals surface area contributed by atoms with Gasteiger partial charge in [0.05, 0.1) is 5.51 Å². The van der Waals surface area contributed by atoms with Crippen molar-refractivity contribution in [1.29, 1.82) is 0 Å². The molecular weight excluding hydrogens is 306 g/mol. The SMILES string of the molecule is Cc1ccc(CN2CC[C@H]3[C@H]2CCN3C(=O)c2cscn2)cc1. The normalized spacial score (nSPS) is 24.1. The number of benzene rings is 1. The van der Waals surface area contributed by atoms with Crippen molar-refractivity contribution < 1.29 is 4.79 Å². The molecule has 4 nitrogen and oxygen atoms in total. The first-order valence-corrected chi connectivity index (χ1v) is 9.15. The quantitative estimate of drug-likeness (QED) is 0.870. The molecule has 0 spiro atoms. The molecule has 1 amide bonds. The fourth-order valence-electron chi connectivity index (χ4n) is 3.92. The summed E-state index contributed by atoms with van der Waals surface area (Å²) < 4.78 is 0. The van der Waals surface area contributed by atoms with E-state index in [4.69, 9.17) is 0 Å². The molecule has 5 heteroatoms. The number of thiazole rings is 1. The lowest BCUT2D eigenvalue weighted by atomic mass is 10.1. The lowest BCUT2D eigenvalue weighted by Crippen LogP contribution is -2.39. The molecule has 0 bridgehead atoms. The van der Waals surface area contributed by atoms with Crippen molar-refractivity contribution in [2.24, 2.45) is 0 Å². The molecule has 0 radical (unpaired) electrons. The number of rotatable bonds is 3. The number of carbonyl (C=O) groups excluding carboxylic acids is 1. The molecule has 0 N–H and O–H groups in total. The van der Waals surface area contributed by atoms with E-state index >= 15 is 0 Å². The predicted molar refractivity (Wildman–Crippen MR) is 91.5 cm³/mol. The molecular formula is C18H21N3OS. The third-order valence-electron chi connectivity index (χ3n) is 5.11. The van der Waals surface area contributed by atoms with Gasteiger partial charge in [-0.15, -0.1) is 11.3 Å². The molecule has 2 aliphatic rings. The molecule has 3 heterocycles. The molecule has 0 aliphatic carbocycles. The smallest absolute Gasteiger partial charge is 0.273 e. The van der Waals surface area contributed by atoms with E-state index in [2.05, 4.69) is 46.0 Å². The van der Waals surface area contributed by atoms with Gasteiger partial charge in [-0.25, -0.2) is 4.98 Å². The summed E-state index contributed by atoms with van der Waals surface area (Å²) in [7, 11) is 0. The number of carbonyl (C=O) groups is 1. The van der Waals surface area contributed by atoms with Crippen LogP contribution in [0.1, 0.15) is 34.5 Å². The Hall–Kier alpha value is -1.72. The number of likely N-dealkylation sites (tertiary alicyclic amines) is 2. The van der Waals surface area contributed by atoms with Crippen molar-refractivity contribution in [2.45, 2.75) is 38.4 Å². The zero-order chi connectivity index (χ0) is 15.8. The van der Waals surface area contributed by atoms with E-state index in [0.717, 1.165) is 32.5 Å². The zero-order valence-corrected chi connectivity index (χ0v) is 14.1. The van der Waals surface area contributed by atoms with Gasteiger partial charge in [0.25, 0.3) is 5.91 Å². The standard InChI is InChI=1S/C18H21N3OS/c1-13-2-4-14(5-3-13)10-20-8-6-17-16(20)7-9-21(17)18(22)15-11-23-12-19-15/h2-5,11-12,16-17H,6-10H2,1H3/t16-,17+/m1/s1. The van der Waals surface area contributed by atoms with Crippen LogP contribution in [-0.2, 0) is 6.54 Å². The number of nitrogens with zero attached hydrogens (tertiary/aromatic N) is 3. The Kier molecular flexibility index (Phi) is 3.91. The van der Waals surface area contributed by atoms with Gasteiger partial charge < -0.3 is 4.90 Å². The third kappa shape index (κ3) is 2.79. The van der Waals surface area contributed by atoms with Crippen LogP contribution in [0.15, 0.2) is 35.2 Å². The summed E-state index contributed by atoms with van der Waals surface area (Å²) in [6.07, 6.45) is 2.15. The van der Waals surface area contributed by atoms with Crippen LogP contribution in [0.25, 0.3) is 0 Å². The molecule has 120 valence electrons. The van der Waals surface area contributed by atoms with Gasteiger partial charge in [-0.05, 0) is 25.3 Å². The second-order valence-corrected chi connectivity index (χ2v) is 7.26. The van der Waals surface area contributed by atoms with Gasteiger partial charge in [0, 0.05) is 37.1 Å². The van der Waals surface area contributed by atoms with Crippen molar-refractivity contribution in [2.75, 3.05) is 13.1 Å². The van der Waals surface area contributed by atoms with Crippen molar-refractivity contribution in [3.05, 3.63) is 52.0 Å². The van der Waals surface area contributed by atoms with E-state index < -0.39 is 0 Å². The van der Waals surface area contributed by atoms with Gasteiger partial charge in [-0.2, -0.15) is 0 Å². The van der Waals surface area contributed by atoms with E-state index in [-0.39, 0.29) is 5.91 Å². The number of hydrogen-bond donors (Lipinski definition) is 0. The topological polar surface area (TPSA) is 36.4 Å². The molecule has 1 aromatic carbocycles. The van der Waals surface area contributed by atoms with E-state index in [1.165, 1.54) is 22.5 Å². The Labute approximate surface area is 140 Å². The summed E-state index contributed by atoms with van der Waals surface area (Å²) in [4.78, 5) is 21.4. The number of fused-ring (bicyclic) bond motifs is 1. The summed E-state index contributed by atoms with van der Waals surface area (Å²) in [6, 6.07) is 9.64. The summed E-state index contributed by atoms with van der Waals surface area (Å²) in [5, 5.41) is 1.86. The highest BCUT2D eigenvalue weighted by Crippen LogP contribution is 2.33. The summed E-state index contributed by atoms with van der Waals surface area (Å²) in [5.41, 5.74) is 5.00. The fourth-order valence-corrected chi connectivity index (χ4v) is 4.44. The molecule has 2 aliphatic heterocycles. The van der Waals surface area contributed by atoms with E-state index in [9.17, 15) is 4.79 Å². The highest BCUT2D eigenvalue weighted by Gasteiger charge is 2.44. The second-order valence-electron chi connectivity index (χ2n) is 6.54. The Balaban J connectivity index is 1.45. The molecule has 2 saturated heterocycles. The van der Waals surface area contributed by atoms with Crippen LogP contribution >= 0.6 is 11.3 Å². The Bertz CT molecular complexity index is 683. The lowest BCUT2D eigenvalue weighted by molar-refractivity contribution is 0.0727. The molecule has 2 atom stereocenters. The Morgan fingerprint density at radius 1 is 1.22 bits per heavy atom. The van der Waals surface area contributed by atoms with Crippen LogP contribution in [0.2, 0.25) is 0 Å². The average molecular weight is 327 g/mol. The van der Waals surface area contributed by atoms with Crippen molar-refractivity contribution in [1.82, 2.24) is 14.8 Å². The maximum atomic E-state index is 12.6. The molecule has 1 aromatic heterocycles. The van der Waals surface area contributed by atoms with Crippen LogP contribution in [0.4, 0.5) is 0 Å². The minimum Gasteiger partial charge on any atom is -0.333 e. The first-order valence-electron chi connectivity index (χ1n) is 8.21. The third-order valence-corrected chi connectivity index (χ3v) is 5.70. The number of aromatic nitrogens is 1. The van der Waals surface area contributed by atoms with E-state index in [1.807, 2.05) is 5.38 Å².